The molecule has 0 aromatic heterocycles. The van der Waals surface area contributed by atoms with Gasteiger partial charge in [0.15, 0.2) is 23.6 Å². The van der Waals surface area contributed by atoms with Crippen LogP contribution in [0.5, 0.6) is 28.7 Å². The predicted molar refractivity (Wildman–Crippen MR) is 116 cm³/mol. The maximum atomic E-state index is 13.5. The average molecular weight is 442 g/mol. The number of benzene rings is 2. The van der Waals surface area contributed by atoms with Crippen LogP contribution in [-0.4, -0.2) is 65.3 Å². The fraction of sp³-hybridized carbons (Fsp3) is 0.417. The third-order valence-corrected chi connectivity index (χ3v) is 6.44. The van der Waals surface area contributed by atoms with Crippen LogP contribution in [0.15, 0.2) is 18.2 Å². The van der Waals surface area contributed by atoms with Crippen molar-refractivity contribution in [3.63, 3.8) is 0 Å². The highest BCUT2D eigenvalue weighted by Crippen LogP contribution is 2.51. The minimum absolute atomic E-state index is 0.0807. The fourth-order valence-electron chi connectivity index (χ4n) is 4.62. The molecule has 2 aliphatic heterocycles. The first kappa shape index (κ1) is 22.0. The summed E-state index contributed by atoms with van der Waals surface area (Å²) in [6.07, 6.45) is 1.75. The molecule has 0 spiro atoms. The molecule has 0 aliphatic carbocycles. The summed E-state index contributed by atoms with van der Waals surface area (Å²) >= 11 is 0. The Morgan fingerprint density at radius 2 is 1.78 bits per heavy atom. The lowest BCUT2D eigenvalue weighted by Gasteiger charge is -2.43. The molecule has 2 aromatic carbocycles. The summed E-state index contributed by atoms with van der Waals surface area (Å²) in [7, 11) is 8.75. The Morgan fingerprint density at radius 3 is 2.38 bits per heavy atom. The number of methoxy groups -OCH3 is 3. The Bertz CT molecular complexity index is 1050. The van der Waals surface area contributed by atoms with E-state index < -0.39 is 0 Å². The first-order chi connectivity index (χ1) is 15.3. The topological polar surface area (TPSA) is 80.3 Å². The number of ether oxygens (including phenoxy) is 5. The van der Waals surface area contributed by atoms with Crippen molar-refractivity contribution in [3.05, 3.63) is 40.5 Å². The van der Waals surface area contributed by atoms with E-state index in [-0.39, 0.29) is 30.6 Å². The molecule has 1 atom stereocenters. The molecule has 8 heteroatoms. The van der Waals surface area contributed by atoms with E-state index in [0.717, 1.165) is 24.1 Å². The van der Waals surface area contributed by atoms with Gasteiger partial charge < -0.3 is 28.2 Å². The minimum Gasteiger partial charge on any atom is -0.496 e. The first-order valence-electron chi connectivity index (χ1n) is 10.4. The molecule has 1 unspecified atom stereocenters. The molecule has 0 bridgehead atoms. The number of aldehydes is 1. The summed E-state index contributed by atoms with van der Waals surface area (Å²) in [5.74, 6) is 2.43. The van der Waals surface area contributed by atoms with E-state index in [4.69, 9.17) is 23.7 Å². The Balaban J connectivity index is 1.77. The van der Waals surface area contributed by atoms with Gasteiger partial charge in [0.05, 0.1) is 59.5 Å². The van der Waals surface area contributed by atoms with Crippen molar-refractivity contribution in [1.82, 2.24) is 0 Å². The van der Waals surface area contributed by atoms with Crippen LogP contribution in [0.4, 0.5) is 0 Å². The second-order valence-corrected chi connectivity index (χ2v) is 8.52. The highest BCUT2D eigenvalue weighted by atomic mass is 16.7. The van der Waals surface area contributed by atoms with Crippen molar-refractivity contribution >= 4 is 12.1 Å². The van der Waals surface area contributed by atoms with Gasteiger partial charge in [0, 0.05) is 12.0 Å². The van der Waals surface area contributed by atoms with Crippen LogP contribution in [0.25, 0.3) is 0 Å². The molecule has 2 heterocycles. The van der Waals surface area contributed by atoms with Gasteiger partial charge in [0.1, 0.15) is 17.5 Å². The number of ketones is 1. The maximum absolute atomic E-state index is 13.5. The number of Topliss-reactive ketones (excluding diaryl/α,β-unsaturated/α-hetero) is 1. The molecule has 32 heavy (non-hydrogen) atoms. The second kappa shape index (κ2) is 8.35. The van der Waals surface area contributed by atoms with Crippen LogP contribution < -0.4 is 23.7 Å². The molecule has 2 aliphatic rings. The fourth-order valence-corrected chi connectivity index (χ4v) is 4.62. The summed E-state index contributed by atoms with van der Waals surface area (Å²) in [4.78, 5) is 24.9. The molecular formula is C24H28NO7+. The zero-order valence-electron chi connectivity index (χ0n) is 19.0. The highest BCUT2D eigenvalue weighted by Gasteiger charge is 2.42. The van der Waals surface area contributed by atoms with E-state index in [1.54, 1.807) is 19.2 Å². The zero-order chi connectivity index (χ0) is 23.0. The lowest BCUT2D eigenvalue weighted by atomic mass is 9.85. The lowest BCUT2D eigenvalue weighted by Crippen LogP contribution is -2.48. The van der Waals surface area contributed by atoms with Crippen molar-refractivity contribution in [3.8, 4) is 28.7 Å². The lowest BCUT2D eigenvalue weighted by molar-refractivity contribution is -0.922. The Kier molecular flexibility index (Phi) is 5.73. The Morgan fingerprint density at radius 1 is 1.09 bits per heavy atom. The van der Waals surface area contributed by atoms with Crippen LogP contribution in [0.1, 0.15) is 44.3 Å². The molecule has 8 nitrogen and oxygen atoms in total. The van der Waals surface area contributed by atoms with E-state index in [1.165, 1.54) is 14.2 Å². The standard InChI is InChI=1S/C24H28NO7/c1-25(2)7-6-14-8-21-23(32-13-31-21)24(30-5)22(14)17(25)11-18(27)15-9-19(28-3)16(12-26)20(10-15)29-4/h8-10,12,17H,6-7,11,13H2,1-5H3/q+1. The van der Waals surface area contributed by atoms with Crippen LogP contribution in [0.2, 0.25) is 0 Å². The van der Waals surface area contributed by atoms with Crippen molar-refractivity contribution < 1.29 is 37.8 Å². The molecule has 0 radical (unpaired) electrons. The van der Waals surface area contributed by atoms with Gasteiger partial charge in [-0.15, -0.1) is 0 Å². The van der Waals surface area contributed by atoms with Crippen LogP contribution in [0.3, 0.4) is 0 Å². The number of nitrogens with zero attached hydrogens (tertiary/aromatic N) is 1. The normalized spacial score (nSPS) is 18.0. The number of hydrogen-bond donors (Lipinski definition) is 0. The van der Waals surface area contributed by atoms with E-state index >= 15 is 0 Å². The number of carbonyl (C=O) groups is 2. The monoisotopic (exact) mass is 442 g/mol. The third kappa shape index (κ3) is 3.54. The van der Waals surface area contributed by atoms with Gasteiger partial charge in [-0.2, -0.15) is 0 Å². The second-order valence-electron chi connectivity index (χ2n) is 8.52. The Hall–Kier alpha value is -3.26. The number of fused-ring (bicyclic) bond motifs is 2. The van der Waals surface area contributed by atoms with Crippen molar-refractivity contribution in [2.75, 3.05) is 48.8 Å². The Labute approximate surface area is 187 Å². The van der Waals surface area contributed by atoms with Crippen molar-refractivity contribution in [2.24, 2.45) is 0 Å². The molecular weight excluding hydrogens is 414 g/mol. The van der Waals surface area contributed by atoms with E-state index in [9.17, 15) is 9.59 Å². The smallest absolute Gasteiger partial charge is 0.231 e. The van der Waals surface area contributed by atoms with E-state index in [0.29, 0.717) is 45.1 Å². The summed E-state index contributed by atoms with van der Waals surface area (Å²) in [5, 5.41) is 0. The van der Waals surface area contributed by atoms with Gasteiger partial charge in [0.2, 0.25) is 12.5 Å². The van der Waals surface area contributed by atoms with Gasteiger partial charge in [-0.1, -0.05) is 0 Å². The molecule has 2 aromatic rings. The number of rotatable bonds is 7. The number of quaternary nitrogens is 1. The van der Waals surface area contributed by atoms with Gasteiger partial charge in [-0.05, 0) is 23.8 Å². The summed E-state index contributed by atoms with van der Waals surface area (Å²) in [6, 6.07) is 5.03. The number of likely N-dealkylation sites (N-methyl/N-ethyl adjacent to an activating group) is 1. The van der Waals surface area contributed by atoms with Crippen molar-refractivity contribution in [1.29, 1.82) is 0 Å². The zero-order valence-corrected chi connectivity index (χ0v) is 19.0. The summed E-state index contributed by atoms with van der Waals surface area (Å²) in [5.41, 5.74) is 2.79. The van der Waals surface area contributed by atoms with Gasteiger partial charge in [-0.25, -0.2) is 0 Å². The largest absolute Gasteiger partial charge is 0.496 e. The molecule has 0 amide bonds. The van der Waals surface area contributed by atoms with Crippen molar-refractivity contribution in [2.45, 2.75) is 18.9 Å². The molecule has 170 valence electrons. The molecule has 0 N–H and O–H groups in total. The predicted octanol–water partition coefficient (Wildman–Crippen LogP) is 3.20. The van der Waals surface area contributed by atoms with Crippen LogP contribution in [-0.2, 0) is 6.42 Å². The molecule has 0 saturated heterocycles. The molecule has 4 rings (SSSR count). The molecule has 0 saturated carbocycles. The van der Waals surface area contributed by atoms with Gasteiger partial charge in [0.25, 0.3) is 0 Å². The van der Waals surface area contributed by atoms with Crippen LogP contribution >= 0.6 is 0 Å². The molecule has 0 fully saturated rings. The summed E-state index contributed by atoms with van der Waals surface area (Å²) < 4.78 is 28.3. The number of hydrogen-bond acceptors (Lipinski definition) is 7. The van der Waals surface area contributed by atoms with Gasteiger partial charge >= 0.3 is 0 Å². The quantitative estimate of drug-likeness (QED) is 0.370. The first-order valence-corrected chi connectivity index (χ1v) is 10.4. The SMILES string of the molecule is COc1cc(C(=O)CC2c3c(cc4c(c3OC)OCO4)CC[N+]2(C)C)cc(OC)c1C=O. The van der Waals surface area contributed by atoms with E-state index in [1.807, 2.05) is 6.07 Å². The summed E-state index contributed by atoms with van der Waals surface area (Å²) in [6.45, 7) is 1.02. The minimum atomic E-state index is -0.154. The van der Waals surface area contributed by atoms with Gasteiger partial charge in [-0.3, -0.25) is 9.59 Å². The van der Waals surface area contributed by atoms with E-state index in [2.05, 4.69) is 14.1 Å². The van der Waals surface area contributed by atoms with Crippen LogP contribution in [0, 0.1) is 0 Å². The maximum Gasteiger partial charge on any atom is 0.231 e. The number of carbonyl (C=O) groups excluding carboxylic acids is 2. The average Bonchev–Trinajstić information content (AvgIpc) is 3.26. The highest BCUT2D eigenvalue weighted by molar-refractivity contribution is 5.99. The third-order valence-electron chi connectivity index (χ3n) is 6.44.